The summed E-state index contributed by atoms with van der Waals surface area (Å²) in [4.78, 5) is 18.0. The third-order valence-corrected chi connectivity index (χ3v) is 7.13. The van der Waals surface area contributed by atoms with Gasteiger partial charge in [0.15, 0.2) is 0 Å². The summed E-state index contributed by atoms with van der Waals surface area (Å²) < 4.78 is 21.1. The van der Waals surface area contributed by atoms with E-state index in [1.54, 1.807) is 6.07 Å². The number of carbonyl (C=O) groups is 1. The second-order valence-electron chi connectivity index (χ2n) is 8.21. The van der Waals surface area contributed by atoms with Crippen LogP contribution in [0.3, 0.4) is 0 Å². The van der Waals surface area contributed by atoms with Crippen LogP contribution in [0, 0.1) is 18.7 Å². The van der Waals surface area contributed by atoms with Crippen molar-refractivity contribution < 1.29 is 13.9 Å². The number of aromatic amines is 1. The summed E-state index contributed by atoms with van der Waals surface area (Å²) in [5.74, 6) is -0.814. The largest absolute Gasteiger partial charge is 0.469 e. The van der Waals surface area contributed by atoms with Gasteiger partial charge in [-0.25, -0.2) is 4.39 Å². The highest BCUT2D eigenvalue weighted by Gasteiger charge is 2.39. The lowest BCUT2D eigenvalue weighted by Gasteiger charge is -2.42. The van der Waals surface area contributed by atoms with Crippen molar-refractivity contribution in [3.8, 4) is 0 Å². The highest BCUT2D eigenvalue weighted by molar-refractivity contribution is 9.10. The minimum absolute atomic E-state index is 0.131. The number of benzene rings is 2. The fourth-order valence-electron chi connectivity index (χ4n) is 4.70. The summed E-state index contributed by atoms with van der Waals surface area (Å²) in [6, 6.07) is 11.3. The number of hydrogen-bond acceptors (Lipinski definition) is 3. The molecule has 0 fully saturated rings. The number of rotatable bonds is 4. The number of esters is 1. The third-order valence-electron chi connectivity index (χ3n) is 6.27. The number of fused-ring (bicyclic) bond motifs is 3. The maximum atomic E-state index is 15.3. The molecule has 1 aliphatic heterocycles. The van der Waals surface area contributed by atoms with Crippen LogP contribution in [0.1, 0.15) is 42.3 Å². The molecule has 158 valence electrons. The van der Waals surface area contributed by atoms with Gasteiger partial charge in [-0.05, 0) is 49.6 Å². The molecule has 2 unspecified atom stereocenters. The standard InChI is InChI=1S/C24H26BrFN2O2/c1-13(24(29)30-4)12-28-14(2)11-17-16-7-5-6-8-20(16)27-22(17)23(28)21-15(3)18(25)9-10-19(21)26/h5-10,13-14,23,27H,11-12H2,1-4H3/t13?,14-,23?/m1/s1. The van der Waals surface area contributed by atoms with E-state index in [2.05, 4.69) is 44.9 Å². The Balaban J connectivity index is 1.93. The van der Waals surface area contributed by atoms with Crippen molar-refractivity contribution in [3.63, 3.8) is 0 Å². The quantitative estimate of drug-likeness (QED) is 0.508. The Morgan fingerprint density at radius 2 is 2.07 bits per heavy atom. The van der Waals surface area contributed by atoms with Gasteiger partial charge in [0, 0.05) is 39.2 Å². The molecular weight excluding hydrogens is 447 g/mol. The number of nitrogens with zero attached hydrogens (tertiary/aromatic N) is 1. The number of para-hydroxylation sites is 1. The first kappa shape index (κ1) is 21.1. The average molecular weight is 473 g/mol. The van der Waals surface area contributed by atoms with Gasteiger partial charge in [0.1, 0.15) is 5.82 Å². The Morgan fingerprint density at radius 3 is 2.80 bits per heavy atom. The second-order valence-corrected chi connectivity index (χ2v) is 9.06. The summed E-state index contributed by atoms with van der Waals surface area (Å²) in [7, 11) is 1.41. The number of carbonyl (C=O) groups excluding carboxylic acids is 1. The number of aromatic nitrogens is 1. The fourth-order valence-corrected chi connectivity index (χ4v) is 5.04. The van der Waals surface area contributed by atoms with E-state index in [1.807, 2.05) is 26.0 Å². The SMILES string of the molecule is COC(=O)C(C)CN1C(c2c(F)ccc(Br)c2C)c2[nH]c3ccccc3c2C[C@H]1C. The Morgan fingerprint density at radius 1 is 1.33 bits per heavy atom. The van der Waals surface area contributed by atoms with Crippen LogP contribution in [-0.4, -0.2) is 35.5 Å². The van der Waals surface area contributed by atoms with Crippen molar-refractivity contribution in [1.82, 2.24) is 9.88 Å². The zero-order valence-electron chi connectivity index (χ0n) is 17.6. The number of hydrogen-bond donors (Lipinski definition) is 1. The molecule has 0 aliphatic carbocycles. The van der Waals surface area contributed by atoms with Crippen molar-refractivity contribution >= 4 is 32.8 Å². The molecule has 0 amide bonds. The van der Waals surface area contributed by atoms with E-state index in [0.717, 1.165) is 27.7 Å². The molecular formula is C24H26BrFN2O2. The van der Waals surface area contributed by atoms with Crippen molar-refractivity contribution in [2.24, 2.45) is 5.92 Å². The molecule has 6 heteroatoms. The summed E-state index contributed by atoms with van der Waals surface area (Å²) in [6.45, 7) is 6.43. The maximum Gasteiger partial charge on any atom is 0.309 e. The lowest BCUT2D eigenvalue weighted by atomic mass is 9.86. The van der Waals surface area contributed by atoms with Crippen LogP contribution in [0.25, 0.3) is 10.9 Å². The Labute approximate surface area is 184 Å². The topological polar surface area (TPSA) is 45.3 Å². The zero-order chi connectivity index (χ0) is 21.6. The first-order valence-corrected chi connectivity index (χ1v) is 11.0. The predicted octanol–water partition coefficient (Wildman–Crippen LogP) is 5.52. The van der Waals surface area contributed by atoms with E-state index in [0.29, 0.717) is 12.1 Å². The molecule has 2 aromatic carbocycles. The van der Waals surface area contributed by atoms with E-state index in [1.165, 1.54) is 24.1 Å². The zero-order valence-corrected chi connectivity index (χ0v) is 19.2. The molecule has 0 saturated carbocycles. The number of nitrogens with one attached hydrogen (secondary N) is 1. The third kappa shape index (κ3) is 3.46. The molecule has 4 nitrogen and oxygen atoms in total. The van der Waals surface area contributed by atoms with Crippen LogP contribution >= 0.6 is 15.9 Å². The Hall–Kier alpha value is -2.18. The molecule has 1 aliphatic rings. The molecule has 3 aromatic rings. The van der Waals surface area contributed by atoms with E-state index in [4.69, 9.17) is 4.74 Å². The van der Waals surface area contributed by atoms with E-state index in [9.17, 15) is 4.79 Å². The first-order chi connectivity index (χ1) is 14.3. The van der Waals surface area contributed by atoms with Gasteiger partial charge in [0.25, 0.3) is 0 Å². The Bertz CT molecular complexity index is 1110. The monoisotopic (exact) mass is 472 g/mol. The first-order valence-electron chi connectivity index (χ1n) is 10.2. The summed E-state index contributed by atoms with van der Waals surface area (Å²) >= 11 is 3.57. The number of halogens is 2. The Kier molecular flexibility index (Phi) is 5.73. The molecule has 0 saturated heterocycles. The van der Waals surface area contributed by atoms with Crippen LogP contribution in [0.5, 0.6) is 0 Å². The molecule has 1 aromatic heterocycles. The molecule has 0 radical (unpaired) electrons. The highest BCUT2D eigenvalue weighted by Crippen LogP contribution is 2.43. The minimum Gasteiger partial charge on any atom is -0.469 e. The van der Waals surface area contributed by atoms with Crippen LogP contribution < -0.4 is 0 Å². The smallest absolute Gasteiger partial charge is 0.309 e. The van der Waals surface area contributed by atoms with Gasteiger partial charge in [0.05, 0.1) is 19.1 Å². The summed E-state index contributed by atoms with van der Waals surface area (Å²) in [6.07, 6.45) is 0.832. The van der Waals surface area contributed by atoms with Gasteiger partial charge < -0.3 is 9.72 Å². The van der Waals surface area contributed by atoms with Crippen molar-refractivity contribution in [3.05, 3.63) is 69.1 Å². The molecule has 1 N–H and O–H groups in total. The fraction of sp³-hybridized carbons (Fsp3) is 0.375. The number of H-pyrrole nitrogens is 1. The average Bonchev–Trinajstić information content (AvgIpc) is 3.10. The molecule has 3 atom stereocenters. The van der Waals surface area contributed by atoms with Gasteiger partial charge in [-0.3, -0.25) is 9.69 Å². The molecule has 2 heterocycles. The lowest BCUT2D eigenvalue weighted by molar-refractivity contribution is -0.145. The van der Waals surface area contributed by atoms with Gasteiger partial charge >= 0.3 is 5.97 Å². The van der Waals surface area contributed by atoms with Gasteiger partial charge in [-0.1, -0.05) is 41.1 Å². The van der Waals surface area contributed by atoms with E-state index < -0.39 is 0 Å². The lowest BCUT2D eigenvalue weighted by Crippen LogP contribution is -2.46. The van der Waals surface area contributed by atoms with Crippen molar-refractivity contribution in [2.75, 3.05) is 13.7 Å². The van der Waals surface area contributed by atoms with Crippen LogP contribution in [0.15, 0.2) is 40.9 Å². The van der Waals surface area contributed by atoms with Crippen molar-refractivity contribution in [1.29, 1.82) is 0 Å². The second kappa shape index (κ2) is 8.16. The minimum atomic E-state index is -0.319. The van der Waals surface area contributed by atoms with Crippen molar-refractivity contribution in [2.45, 2.75) is 39.3 Å². The van der Waals surface area contributed by atoms with E-state index >= 15 is 4.39 Å². The highest BCUT2D eigenvalue weighted by atomic mass is 79.9. The molecule has 4 rings (SSSR count). The van der Waals surface area contributed by atoms with E-state index in [-0.39, 0.29) is 29.8 Å². The molecule has 0 spiro atoms. The van der Waals surface area contributed by atoms with Gasteiger partial charge in [0.2, 0.25) is 0 Å². The molecule has 0 bridgehead atoms. The van der Waals surface area contributed by atoms with Gasteiger partial charge in [-0.2, -0.15) is 0 Å². The number of ether oxygens (including phenoxy) is 1. The predicted molar refractivity (Wildman–Crippen MR) is 120 cm³/mol. The summed E-state index contributed by atoms with van der Waals surface area (Å²) in [5, 5.41) is 1.18. The van der Waals surface area contributed by atoms with Crippen LogP contribution in [-0.2, 0) is 16.0 Å². The molecule has 30 heavy (non-hydrogen) atoms. The van der Waals surface area contributed by atoms with Crippen LogP contribution in [0.2, 0.25) is 0 Å². The summed E-state index contributed by atoms with van der Waals surface area (Å²) in [5.41, 5.74) is 4.79. The van der Waals surface area contributed by atoms with Crippen LogP contribution in [0.4, 0.5) is 4.39 Å². The maximum absolute atomic E-state index is 15.3. The number of methoxy groups -OCH3 is 1. The van der Waals surface area contributed by atoms with Gasteiger partial charge in [-0.15, -0.1) is 0 Å². The normalized spacial score (nSPS) is 20.2.